The molecule has 0 aliphatic rings. The quantitative estimate of drug-likeness (QED) is 0.761. The number of benzene rings is 1. The van der Waals surface area contributed by atoms with E-state index in [1.165, 1.54) is 12.1 Å². The molecule has 1 N–H and O–H groups in total. The molecule has 2 heterocycles. The average molecular weight is 346 g/mol. The fraction of sp³-hybridized carbons (Fsp3) is 0.0625. The number of thiophene rings is 1. The largest absolute Gasteiger partial charge is 0.420 e. The minimum absolute atomic E-state index is 0.114. The maximum Gasteiger partial charge on any atom is 0.233 e. The van der Waals surface area contributed by atoms with Crippen molar-refractivity contribution in [3.05, 3.63) is 58.6 Å². The highest BCUT2D eigenvalue weighted by molar-refractivity contribution is 7.91. The molecule has 0 saturated carbocycles. The van der Waals surface area contributed by atoms with Crippen LogP contribution >= 0.6 is 11.3 Å². The van der Waals surface area contributed by atoms with Crippen molar-refractivity contribution in [2.75, 3.05) is 12.4 Å². The zero-order valence-electron chi connectivity index (χ0n) is 12.3. The summed E-state index contributed by atoms with van der Waals surface area (Å²) in [5, 5.41) is 4.59. The van der Waals surface area contributed by atoms with Crippen LogP contribution in [0.1, 0.15) is 10.8 Å². The first kappa shape index (κ1) is 15.5. The Labute approximate surface area is 138 Å². The molecule has 0 aliphatic heterocycles. The molecule has 0 fully saturated rings. The van der Waals surface area contributed by atoms with E-state index in [1.54, 1.807) is 42.7 Å². The molecule has 0 unspecified atom stereocenters. The van der Waals surface area contributed by atoms with E-state index in [4.69, 9.17) is 4.42 Å². The predicted octanol–water partition coefficient (Wildman–Crippen LogP) is 3.78. The summed E-state index contributed by atoms with van der Waals surface area (Å²) in [5.41, 5.74) is 0. The van der Waals surface area contributed by atoms with Gasteiger partial charge in [-0.05, 0) is 29.7 Å². The molecule has 3 aromatic rings. The molecule has 7 heteroatoms. The lowest BCUT2D eigenvalue weighted by Gasteiger charge is -2.02. The Kier molecular flexibility index (Phi) is 4.31. The van der Waals surface area contributed by atoms with Crippen molar-refractivity contribution < 1.29 is 12.8 Å². The van der Waals surface area contributed by atoms with E-state index in [2.05, 4.69) is 10.3 Å². The molecule has 0 aliphatic carbocycles. The minimum atomic E-state index is -3.73. The molecular formula is C16H14N2O3S2. The number of hydrogen-bond acceptors (Lipinski definition) is 6. The average Bonchev–Trinajstić information content (AvgIpc) is 3.23. The third-order valence-electron chi connectivity index (χ3n) is 3.08. The lowest BCUT2D eigenvalue weighted by Crippen LogP contribution is -2.05. The zero-order valence-corrected chi connectivity index (χ0v) is 13.9. The van der Waals surface area contributed by atoms with E-state index in [-0.39, 0.29) is 21.7 Å². The highest BCUT2D eigenvalue weighted by Gasteiger charge is 2.26. The van der Waals surface area contributed by atoms with Gasteiger partial charge in [0.05, 0.1) is 4.90 Å². The molecular weight excluding hydrogens is 332 g/mol. The van der Waals surface area contributed by atoms with E-state index in [9.17, 15) is 8.42 Å². The zero-order chi connectivity index (χ0) is 16.3. The number of hydrogen-bond donors (Lipinski definition) is 1. The molecule has 3 rings (SSSR count). The number of sulfone groups is 1. The van der Waals surface area contributed by atoms with E-state index in [1.807, 2.05) is 23.6 Å². The van der Waals surface area contributed by atoms with E-state index < -0.39 is 9.84 Å². The van der Waals surface area contributed by atoms with E-state index in [0.717, 1.165) is 4.88 Å². The van der Waals surface area contributed by atoms with Gasteiger partial charge in [0.2, 0.25) is 26.6 Å². The smallest absolute Gasteiger partial charge is 0.233 e. The Morgan fingerprint density at radius 1 is 1.13 bits per heavy atom. The molecule has 118 valence electrons. The highest BCUT2D eigenvalue weighted by Crippen LogP contribution is 2.28. The van der Waals surface area contributed by atoms with E-state index in [0.29, 0.717) is 0 Å². The van der Waals surface area contributed by atoms with Gasteiger partial charge < -0.3 is 9.73 Å². The van der Waals surface area contributed by atoms with Crippen molar-refractivity contribution in [1.29, 1.82) is 0 Å². The summed E-state index contributed by atoms with van der Waals surface area (Å²) in [5.74, 6) is 0.358. The standard InChI is InChI=1S/C16H14N2O3S2/c1-17-15-16(23(19,20)13-7-3-2-4-8-13)18-14(21-15)10-9-12-6-5-11-22-12/h2-11,17H,1H3/b10-9+. The second kappa shape index (κ2) is 6.39. The molecule has 1 aromatic carbocycles. The Morgan fingerprint density at radius 3 is 2.57 bits per heavy atom. The summed E-state index contributed by atoms with van der Waals surface area (Å²) in [6.07, 6.45) is 3.48. The van der Waals surface area contributed by atoms with Gasteiger partial charge in [-0.15, -0.1) is 11.3 Å². The van der Waals surface area contributed by atoms with Crippen LogP contribution in [-0.4, -0.2) is 20.4 Å². The first-order valence-electron chi connectivity index (χ1n) is 6.81. The fourth-order valence-corrected chi connectivity index (χ4v) is 3.94. The Balaban J connectivity index is 2.00. The van der Waals surface area contributed by atoms with Gasteiger partial charge in [0, 0.05) is 18.0 Å². The van der Waals surface area contributed by atoms with Crippen LogP contribution in [0.4, 0.5) is 5.88 Å². The van der Waals surface area contributed by atoms with Gasteiger partial charge in [-0.25, -0.2) is 8.42 Å². The van der Waals surface area contributed by atoms with Crippen LogP contribution < -0.4 is 5.32 Å². The van der Waals surface area contributed by atoms with Crippen LogP contribution in [0.3, 0.4) is 0 Å². The first-order valence-corrected chi connectivity index (χ1v) is 9.18. The van der Waals surface area contributed by atoms with Gasteiger partial charge >= 0.3 is 0 Å². The Morgan fingerprint density at radius 2 is 1.91 bits per heavy atom. The van der Waals surface area contributed by atoms with Gasteiger partial charge in [0.1, 0.15) is 0 Å². The molecule has 0 amide bonds. The lowest BCUT2D eigenvalue weighted by molar-refractivity contribution is 0.558. The summed E-state index contributed by atoms with van der Waals surface area (Å²) >= 11 is 1.57. The van der Waals surface area contributed by atoms with Crippen molar-refractivity contribution in [2.24, 2.45) is 0 Å². The van der Waals surface area contributed by atoms with Crippen molar-refractivity contribution in [2.45, 2.75) is 9.92 Å². The number of oxazole rings is 1. The second-order valence-electron chi connectivity index (χ2n) is 4.60. The normalized spacial score (nSPS) is 11.9. The number of rotatable bonds is 5. The van der Waals surface area contributed by atoms with Crippen molar-refractivity contribution in [3.63, 3.8) is 0 Å². The molecule has 0 saturated heterocycles. The van der Waals surface area contributed by atoms with Crippen LogP contribution in [-0.2, 0) is 9.84 Å². The minimum Gasteiger partial charge on any atom is -0.420 e. The summed E-state index contributed by atoms with van der Waals surface area (Å²) < 4.78 is 30.8. The summed E-state index contributed by atoms with van der Waals surface area (Å²) in [6, 6.07) is 12.0. The maximum absolute atomic E-state index is 12.7. The number of aromatic nitrogens is 1. The second-order valence-corrected chi connectivity index (χ2v) is 7.45. The van der Waals surface area contributed by atoms with Gasteiger partial charge in [0.15, 0.2) is 0 Å². The Bertz CT molecular complexity index is 912. The van der Waals surface area contributed by atoms with Crippen LogP contribution in [0.2, 0.25) is 0 Å². The predicted molar refractivity (Wildman–Crippen MR) is 91.2 cm³/mol. The van der Waals surface area contributed by atoms with Crippen LogP contribution in [0.25, 0.3) is 12.2 Å². The third-order valence-corrected chi connectivity index (χ3v) is 5.60. The molecule has 0 atom stereocenters. The van der Waals surface area contributed by atoms with Crippen molar-refractivity contribution in [1.82, 2.24) is 4.98 Å². The summed E-state index contributed by atoms with van der Waals surface area (Å²) in [4.78, 5) is 5.34. The van der Waals surface area contributed by atoms with Crippen molar-refractivity contribution >= 4 is 39.2 Å². The van der Waals surface area contributed by atoms with Crippen molar-refractivity contribution in [3.8, 4) is 0 Å². The Hall–Kier alpha value is -2.38. The van der Waals surface area contributed by atoms with Gasteiger partial charge in [-0.1, -0.05) is 24.3 Å². The summed E-state index contributed by atoms with van der Waals surface area (Å²) in [7, 11) is -2.14. The van der Waals surface area contributed by atoms with Gasteiger partial charge in [0.25, 0.3) is 0 Å². The van der Waals surface area contributed by atoms with E-state index >= 15 is 0 Å². The molecule has 0 spiro atoms. The maximum atomic E-state index is 12.7. The SMILES string of the molecule is CNc1oc(/C=C/c2cccs2)nc1S(=O)(=O)c1ccccc1. The lowest BCUT2D eigenvalue weighted by atomic mass is 10.4. The van der Waals surface area contributed by atoms with Crippen LogP contribution in [0, 0.1) is 0 Å². The molecule has 5 nitrogen and oxygen atoms in total. The molecule has 23 heavy (non-hydrogen) atoms. The summed E-state index contributed by atoms with van der Waals surface area (Å²) in [6.45, 7) is 0. The molecule has 0 radical (unpaired) electrons. The fourth-order valence-electron chi connectivity index (χ4n) is 1.98. The van der Waals surface area contributed by atoms with Gasteiger partial charge in [-0.3, -0.25) is 0 Å². The number of nitrogens with zero attached hydrogens (tertiary/aromatic N) is 1. The molecule has 2 aromatic heterocycles. The highest BCUT2D eigenvalue weighted by atomic mass is 32.2. The number of nitrogens with one attached hydrogen (secondary N) is 1. The number of anilines is 1. The van der Waals surface area contributed by atoms with Gasteiger partial charge in [-0.2, -0.15) is 4.98 Å². The van der Waals surface area contributed by atoms with Crippen LogP contribution in [0.5, 0.6) is 0 Å². The topological polar surface area (TPSA) is 72.2 Å². The third kappa shape index (κ3) is 3.20. The first-order chi connectivity index (χ1) is 11.1. The van der Waals surface area contributed by atoms with Crippen LogP contribution in [0.15, 0.2) is 62.2 Å². The monoisotopic (exact) mass is 346 g/mol. The molecule has 0 bridgehead atoms.